The number of amides is 1. The van der Waals surface area contributed by atoms with Crippen LogP contribution in [0, 0.1) is 0 Å². The minimum Gasteiger partial charge on any atom is -0.394 e. The molecule has 1 aromatic carbocycles. The second kappa shape index (κ2) is 4.97. The van der Waals surface area contributed by atoms with Crippen molar-refractivity contribution in [2.45, 2.75) is 50.5 Å². The molecule has 0 aliphatic heterocycles. The van der Waals surface area contributed by atoms with Crippen molar-refractivity contribution in [2.24, 2.45) is 0 Å². The van der Waals surface area contributed by atoms with E-state index in [0.717, 1.165) is 31.2 Å². The number of fused-ring (bicyclic) bond motifs is 1. The van der Waals surface area contributed by atoms with Gasteiger partial charge in [-0.25, -0.2) is 0 Å². The van der Waals surface area contributed by atoms with E-state index >= 15 is 0 Å². The third kappa shape index (κ3) is 2.52. The predicted octanol–water partition coefficient (Wildman–Crippen LogP) is 1.75. The van der Waals surface area contributed by atoms with E-state index in [1.165, 1.54) is 24.0 Å². The van der Waals surface area contributed by atoms with Crippen LogP contribution < -0.4 is 5.32 Å². The maximum absolute atomic E-state index is 12.1. The minimum absolute atomic E-state index is 0.0340. The molecule has 2 N–H and O–H groups in total. The van der Waals surface area contributed by atoms with Crippen molar-refractivity contribution in [1.82, 2.24) is 5.32 Å². The first-order valence-electron chi connectivity index (χ1n) is 7.23. The predicted molar refractivity (Wildman–Crippen MR) is 74.0 cm³/mol. The number of hydrogen-bond donors (Lipinski definition) is 2. The summed E-state index contributed by atoms with van der Waals surface area (Å²) in [5.74, 6) is 0.0340. The molecule has 1 amide bonds. The van der Waals surface area contributed by atoms with Crippen LogP contribution in [0.2, 0.25) is 0 Å². The Labute approximate surface area is 114 Å². The van der Waals surface area contributed by atoms with E-state index in [9.17, 15) is 9.90 Å². The van der Waals surface area contributed by atoms with Gasteiger partial charge >= 0.3 is 0 Å². The van der Waals surface area contributed by atoms with Gasteiger partial charge in [0.05, 0.1) is 18.6 Å². The summed E-state index contributed by atoms with van der Waals surface area (Å²) in [6, 6.07) is 6.40. The first kappa shape index (κ1) is 12.7. The molecule has 0 saturated heterocycles. The average molecular weight is 259 g/mol. The van der Waals surface area contributed by atoms with Crippen LogP contribution in [0.1, 0.15) is 42.4 Å². The van der Waals surface area contributed by atoms with E-state index in [4.69, 9.17) is 0 Å². The summed E-state index contributed by atoms with van der Waals surface area (Å²) in [6.45, 7) is 0.0585. The summed E-state index contributed by atoms with van der Waals surface area (Å²) in [5, 5.41) is 12.4. The Kier molecular flexibility index (Phi) is 3.31. The fraction of sp³-hybridized carbons (Fsp3) is 0.562. The molecule has 3 heteroatoms. The van der Waals surface area contributed by atoms with Crippen LogP contribution in [0.15, 0.2) is 18.2 Å². The van der Waals surface area contributed by atoms with Crippen molar-refractivity contribution in [3.05, 3.63) is 34.9 Å². The summed E-state index contributed by atoms with van der Waals surface area (Å²) in [4.78, 5) is 12.1. The van der Waals surface area contributed by atoms with Gasteiger partial charge in [-0.15, -0.1) is 0 Å². The molecule has 0 aromatic heterocycles. The zero-order chi connectivity index (χ0) is 13.3. The third-order valence-electron chi connectivity index (χ3n) is 4.55. The summed E-state index contributed by atoms with van der Waals surface area (Å²) in [7, 11) is 0. The lowest BCUT2D eigenvalue weighted by molar-refractivity contribution is -0.124. The second-order valence-electron chi connectivity index (χ2n) is 5.97. The lowest BCUT2D eigenvalue weighted by atomic mass is 9.77. The van der Waals surface area contributed by atoms with Gasteiger partial charge in [-0.05, 0) is 55.2 Å². The highest BCUT2D eigenvalue weighted by Gasteiger charge is 2.37. The van der Waals surface area contributed by atoms with E-state index < -0.39 is 0 Å². The van der Waals surface area contributed by atoms with Crippen LogP contribution >= 0.6 is 0 Å². The molecule has 0 heterocycles. The van der Waals surface area contributed by atoms with Gasteiger partial charge in [0.15, 0.2) is 0 Å². The largest absolute Gasteiger partial charge is 0.394 e. The van der Waals surface area contributed by atoms with Gasteiger partial charge in [-0.2, -0.15) is 0 Å². The van der Waals surface area contributed by atoms with E-state index in [1.807, 2.05) is 0 Å². The number of hydrogen-bond acceptors (Lipinski definition) is 2. The van der Waals surface area contributed by atoms with Gasteiger partial charge in [-0.1, -0.05) is 18.2 Å². The molecule has 1 saturated carbocycles. The highest BCUT2D eigenvalue weighted by molar-refractivity contribution is 5.79. The van der Waals surface area contributed by atoms with E-state index in [2.05, 4.69) is 23.5 Å². The molecule has 0 bridgehead atoms. The van der Waals surface area contributed by atoms with Crippen LogP contribution in [-0.4, -0.2) is 23.2 Å². The quantitative estimate of drug-likeness (QED) is 0.865. The number of carbonyl (C=O) groups excluding carboxylic acids is 1. The molecule has 102 valence electrons. The Morgan fingerprint density at radius 1 is 1.21 bits per heavy atom. The lowest BCUT2D eigenvalue weighted by Gasteiger charge is -2.41. The number of carbonyl (C=O) groups is 1. The Hall–Kier alpha value is -1.35. The molecule has 0 spiro atoms. The maximum Gasteiger partial charge on any atom is 0.224 e. The van der Waals surface area contributed by atoms with Gasteiger partial charge in [0.1, 0.15) is 0 Å². The van der Waals surface area contributed by atoms with Gasteiger partial charge in [0.25, 0.3) is 0 Å². The first-order chi connectivity index (χ1) is 9.21. The highest BCUT2D eigenvalue weighted by atomic mass is 16.3. The highest BCUT2D eigenvalue weighted by Crippen LogP contribution is 2.31. The second-order valence-corrected chi connectivity index (χ2v) is 5.97. The number of nitrogens with one attached hydrogen (secondary N) is 1. The molecular formula is C16H21NO2. The fourth-order valence-corrected chi connectivity index (χ4v) is 3.19. The zero-order valence-corrected chi connectivity index (χ0v) is 11.2. The average Bonchev–Trinajstić information content (AvgIpc) is 2.81. The summed E-state index contributed by atoms with van der Waals surface area (Å²) < 4.78 is 0. The normalized spacial score (nSPS) is 19.6. The van der Waals surface area contributed by atoms with E-state index in [0.29, 0.717) is 6.42 Å². The minimum atomic E-state index is -0.326. The van der Waals surface area contributed by atoms with Crippen LogP contribution in [-0.2, 0) is 24.1 Å². The molecule has 3 rings (SSSR count). The first-order valence-corrected chi connectivity index (χ1v) is 7.23. The molecular weight excluding hydrogens is 238 g/mol. The molecule has 2 aliphatic rings. The Morgan fingerprint density at radius 3 is 2.68 bits per heavy atom. The topological polar surface area (TPSA) is 49.3 Å². The molecule has 0 radical (unpaired) electrons. The standard InChI is InChI=1S/C16H21NO2/c18-11-16(7-2-8-16)17-15(19)10-12-5-6-13-3-1-4-14(13)9-12/h5-6,9,18H,1-4,7-8,10-11H2,(H,17,19). The number of aryl methyl sites for hydroxylation is 2. The SMILES string of the molecule is O=C(Cc1ccc2c(c1)CCC2)NC1(CO)CCC1. The number of benzene rings is 1. The van der Waals surface area contributed by atoms with Gasteiger partial charge < -0.3 is 10.4 Å². The molecule has 19 heavy (non-hydrogen) atoms. The molecule has 0 atom stereocenters. The third-order valence-corrected chi connectivity index (χ3v) is 4.55. The van der Waals surface area contributed by atoms with E-state index in [1.54, 1.807) is 0 Å². The maximum atomic E-state index is 12.1. The van der Waals surface area contributed by atoms with E-state index in [-0.39, 0.29) is 18.1 Å². The van der Waals surface area contributed by atoms with Crippen LogP contribution in [0.3, 0.4) is 0 Å². The smallest absolute Gasteiger partial charge is 0.224 e. The Balaban J connectivity index is 1.63. The number of aliphatic hydroxyl groups is 1. The zero-order valence-electron chi connectivity index (χ0n) is 11.2. The van der Waals surface area contributed by atoms with Gasteiger partial charge in [-0.3, -0.25) is 4.79 Å². The molecule has 3 nitrogen and oxygen atoms in total. The summed E-state index contributed by atoms with van der Waals surface area (Å²) in [6.07, 6.45) is 6.88. The van der Waals surface area contributed by atoms with Gasteiger partial charge in [0, 0.05) is 0 Å². The summed E-state index contributed by atoms with van der Waals surface area (Å²) >= 11 is 0. The van der Waals surface area contributed by atoms with Crippen molar-refractivity contribution in [2.75, 3.05) is 6.61 Å². The number of aliphatic hydroxyl groups excluding tert-OH is 1. The Morgan fingerprint density at radius 2 is 2.00 bits per heavy atom. The van der Waals surface area contributed by atoms with Crippen molar-refractivity contribution < 1.29 is 9.90 Å². The molecule has 1 fully saturated rings. The van der Waals surface area contributed by atoms with Crippen LogP contribution in [0.4, 0.5) is 0 Å². The Bertz CT molecular complexity index is 486. The van der Waals surface area contributed by atoms with Crippen LogP contribution in [0.25, 0.3) is 0 Å². The van der Waals surface area contributed by atoms with Crippen molar-refractivity contribution in [3.8, 4) is 0 Å². The van der Waals surface area contributed by atoms with Gasteiger partial charge in [0.2, 0.25) is 5.91 Å². The summed E-state index contributed by atoms with van der Waals surface area (Å²) in [5.41, 5.74) is 3.61. The monoisotopic (exact) mass is 259 g/mol. The van der Waals surface area contributed by atoms with Crippen molar-refractivity contribution in [3.63, 3.8) is 0 Å². The molecule has 2 aliphatic carbocycles. The van der Waals surface area contributed by atoms with Crippen LogP contribution in [0.5, 0.6) is 0 Å². The van der Waals surface area contributed by atoms with Crippen molar-refractivity contribution >= 4 is 5.91 Å². The molecule has 0 unspecified atom stereocenters. The van der Waals surface area contributed by atoms with Crippen molar-refractivity contribution in [1.29, 1.82) is 0 Å². The number of rotatable bonds is 4. The fourth-order valence-electron chi connectivity index (χ4n) is 3.19. The lowest BCUT2D eigenvalue weighted by Crippen LogP contribution is -2.56. The molecule has 1 aromatic rings.